The van der Waals surface area contributed by atoms with Gasteiger partial charge in [0.25, 0.3) is 0 Å². The predicted octanol–water partition coefficient (Wildman–Crippen LogP) is 2.46. The van der Waals surface area contributed by atoms with Crippen LogP contribution in [0, 0.1) is 0 Å². The first-order valence-electron chi connectivity index (χ1n) is 5.75. The monoisotopic (exact) mass is 233 g/mol. The third-order valence-corrected chi connectivity index (χ3v) is 3.89. The number of benzene rings is 1. The molecule has 0 bridgehead atoms. The van der Waals surface area contributed by atoms with E-state index in [1.807, 2.05) is 6.07 Å². The molecular weight excluding hydrogens is 218 g/mol. The predicted molar refractivity (Wildman–Crippen MR) is 69.1 cm³/mol. The Hall–Kier alpha value is -1.13. The second-order valence-electron chi connectivity index (χ2n) is 4.17. The van der Waals surface area contributed by atoms with E-state index in [1.165, 1.54) is 17.5 Å². The van der Waals surface area contributed by atoms with Crippen LogP contribution in [-0.2, 0) is 0 Å². The molecule has 1 aliphatic rings. The Morgan fingerprint density at radius 1 is 1.38 bits per heavy atom. The maximum Gasteiger partial charge on any atom is 0.184 e. The maximum atomic E-state index is 4.59. The van der Waals surface area contributed by atoms with E-state index >= 15 is 0 Å². The summed E-state index contributed by atoms with van der Waals surface area (Å²) in [6, 6.07) is 8.82. The molecule has 0 radical (unpaired) electrons. The lowest BCUT2D eigenvalue weighted by molar-refractivity contribution is 0.480. The van der Waals surface area contributed by atoms with E-state index in [4.69, 9.17) is 0 Å². The van der Waals surface area contributed by atoms with Crippen molar-refractivity contribution in [2.45, 2.75) is 18.9 Å². The lowest BCUT2D eigenvalue weighted by Crippen LogP contribution is -2.38. The molecule has 1 saturated heterocycles. The minimum absolute atomic E-state index is 0.536. The summed E-state index contributed by atoms with van der Waals surface area (Å²) in [5.74, 6) is 0. The van der Waals surface area contributed by atoms with Crippen LogP contribution < -0.4 is 10.6 Å². The van der Waals surface area contributed by atoms with Crippen LogP contribution in [0.4, 0.5) is 5.13 Å². The molecule has 4 heteroatoms. The summed E-state index contributed by atoms with van der Waals surface area (Å²) in [5.41, 5.74) is 1.10. The molecule has 84 valence electrons. The SMILES string of the molecule is c1ccc2sc(N[C@H]3CCCNC3)nc2c1. The molecule has 1 aromatic heterocycles. The van der Waals surface area contributed by atoms with Crippen LogP contribution in [0.1, 0.15) is 12.8 Å². The highest BCUT2D eigenvalue weighted by molar-refractivity contribution is 7.22. The average Bonchev–Trinajstić information content (AvgIpc) is 2.72. The van der Waals surface area contributed by atoms with Crippen LogP contribution in [0.15, 0.2) is 24.3 Å². The van der Waals surface area contributed by atoms with E-state index in [1.54, 1.807) is 11.3 Å². The fourth-order valence-electron chi connectivity index (χ4n) is 2.08. The summed E-state index contributed by atoms with van der Waals surface area (Å²) in [7, 11) is 0. The van der Waals surface area contributed by atoms with Gasteiger partial charge in [-0.25, -0.2) is 4.98 Å². The molecule has 3 rings (SSSR count). The molecule has 1 fully saturated rings. The molecular formula is C12H15N3S. The first-order valence-corrected chi connectivity index (χ1v) is 6.56. The zero-order chi connectivity index (χ0) is 10.8. The summed E-state index contributed by atoms with van der Waals surface area (Å²) in [6.45, 7) is 2.20. The van der Waals surface area contributed by atoms with Gasteiger partial charge in [-0.2, -0.15) is 0 Å². The Labute approximate surface area is 98.9 Å². The number of anilines is 1. The van der Waals surface area contributed by atoms with Crippen LogP contribution in [-0.4, -0.2) is 24.1 Å². The second-order valence-corrected chi connectivity index (χ2v) is 5.21. The Morgan fingerprint density at radius 3 is 3.12 bits per heavy atom. The van der Waals surface area contributed by atoms with Gasteiger partial charge >= 0.3 is 0 Å². The van der Waals surface area contributed by atoms with Gasteiger partial charge in [-0.1, -0.05) is 23.5 Å². The van der Waals surface area contributed by atoms with Crippen LogP contribution in [0.5, 0.6) is 0 Å². The Morgan fingerprint density at radius 2 is 2.31 bits per heavy atom. The van der Waals surface area contributed by atoms with Gasteiger partial charge in [0.15, 0.2) is 5.13 Å². The lowest BCUT2D eigenvalue weighted by Gasteiger charge is -2.23. The van der Waals surface area contributed by atoms with E-state index in [2.05, 4.69) is 33.8 Å². The van der Waals surface area contributed by atoms with Gasteiger partial charge in [0.1, 0.15) is 0 Å². The van der Waals surface area contributed by atoms with Crippen molar-refractivity contribution in [1.29, 1.82) is 0 Å². The fraction of sp³-hybridized carbons (Fsp3) is 0.417. The van der Waals surface area contributed by atoms with Crippen molar-refractivity contribution in [2.24, 2.45) is 0 Å². The number of piperidine rings is 1. The number of para-hydroxylation sites is 1. The Kier molecular flexibility index (Phi) is 2.76. The average molecular weight is 233 g/mol. The van der Waals surface area contributed by atoms with Crippen LogP contribution in [0.25, 0.3) is 10.2 Å². The zero-order valence-electron chi connectivity index (χ0n) is 9.07. The highest BCUT2D eigenvalue weighted by Gasteiger charge is 2.14. The third-order valence-electron chi connectivity index (χ3n) is 2.92. The van der Waals surface area contributed by atoms with E-state index in [0.717, 1.165) is 23.7 Å². The molecule has 16 heavy (non-hydrogen) atoms. The molecule has 0 amide bonds. The van der Waals surface area contributed by atoms with Crippen molar-refractivity contribution in [2.75, 3.05) is 18.4 Å². The van der Waals surface area contributed by atoms with Crippen molar-refractivity contribution in [3.05, 3.63) is 24.3 Å². The van der Waals surface area contributed by atoms with Crippen molar-refractivity contribution >= 4 is 26.7 Å². The van der Waals surface area contributed by atoms with Crippen molar-refractivity contribution in [3.63, 3.8) is 0 Å². The summed E-state index contributed by atoms with van der Waals surface area (Å²) in [6.07, 6.45) is 2.49. The number of aromatic nitrogens is 1. The lowest BCUT2D eigenvalue weighted by atomic mass is 10.1. The van der Waals surface area contributed by atoms with Gasteiger partial charge in [0.05, 0.1) is 10.2 Å². The van der Waals surface area contributed by atoms with Gasteiger partial charge in [0, 0.05) is 12.6 Å². The molecule has 0 saturated carbocycles. The zero-order valence-corrected chi connectivity index (χ0v) is 9.89. The third kappa shape index (κ3) is 2.03. The molecule has 0 aliphatic carbocycles. The molecule has 0 spiro atoms. The Balaban J connectivity index is 1.78. The molecule has 2 N–H and O–H groups in total. The largest absolute Gasteiger partial charge is 0.357 e. The first kappa shape index (κ1) is 10.1. The van der Waals surface area contributed by atoms with Gasteiger partial charge in [-0.15, -0.1) is 0 Å². The molecule has 1 aromatic carbocycles. The van der Waals surface area contributed by atoms with Gasteiger partial charge in [-0.3, -0.25) is 0 Å². The van der Waals surface area contributed by atoms with Crippen molar-refractivity contribution in [3.8, 4) is 0 Å². The minimum Gasteiger partial charge on any atom is -0.357 e. The van der Waals surface area contributed by atoms with Gasteiger partial charge in [0.2, 0.25) is 0 Å². The van der Waals surface area contributed by atoms with E-state index < -0.39 is 0 Å². The Bertz CT molecular complexity index is 441. The number of hydrogen-bond donors (Lipinski definition) is 2. The summed E-state index contributed by atoms with van der Waals surface area (Å²) in [4.78, 5) is 4.59. The molecule has 3 nitrogen and oxygen atoms in total. The number of hydrogen-bond acceptors (Lipinski definition) is 4. The topological polar surface area (TPSA) is 37.0 Å². The number of nitrogens with one attached hydrogen (secondary N) is 2. The standard InChI is InChI=1S/C12H15N3S/c1-2-6-11-10(5-1)15-12(16-11)14-9-4-3-7-13-8-9/h1-2,5-6,9,13H,3-4,7-8H2,(H,14,15)/t9-/m0/s1. The summed E-state index contributed by atoms with van der Waals surface area (Å²) in [5, 5.41) is 7.97. The highest BCUT2D eigenvalue weighted by Crippen LogP contribution is 2.26. The van der Waals surface area contributed by atoms with Crippen LogP contribution in [0.2, 0.25) is 0 Å². The van der Waals surface area contributed by atoms with Crippen molar-refractivity contribution < 1.29 is 0 Å². The van der Waals surface area contributed by atoms with Gasteiger partial charge < -0.3 is 10.6 Å². The quantitative estimate of drug-likeness (QED) is 0.836. The molecule has 0 unspecified atom stereocenters. The summed E-state index contributed by atoms with van der Waals surface area (Å²) < 4.78 is 1.26. The highest BCUT2D eigenvalue weighted by atomic mass is 32.1. The normalized spacial score (nSPS) is 21.1. The summed E-state index contributed by atoms with van der Waals surface area (Å²) >= 11 is 1.74. The minimum atomic E-state index is 0.536. The first-order chi connectivity index (χ1) is 7.92. The van der Waals surface area contributed by atoms with Crippen LogP contribution in [0.3, 0.4) is 0 Å². The van der Waals surface area contributed by atoms with Crippen LogP contribution >= 0.6 is 11.3 Å². The molecule has 2 heterocycles. The van der Waals surface area contributed by atoms with Gasteiger partial charge in [-0.05, 0) is 31.5 Å². The number of fused-ring (bicyclic) bond motifs is 1. The second kappa shape index (κ2) is 4.39. The fourth-order valence-corrected chi connectivity index (χ4v) is 3.03. The molecule has 2 aromatic rings. The van der Waals surface area contributed by atoms with Crippen molar-refractivity contribution in [1.82, 2.24) is 10.3 Å². The maximum absolute atomic E-state index is 4.59. The van der Waals surface area contributed by atoms with E-state index in [9.17, 15) is 0 Å². The van der Waals surface area contributed by atoms with E-state index in [-0.39, 0.29) is 0 Å². The number of nitrogens with zero attached hydrogens (tertiary/aromatic N) is 1. The molecule has 1 atom stereocenters. The molecule has 1 aliphatic heterocycles. The number of thiazole rings is 1. The smallest absolute Gasteiger partial charge is 0.184 e. The number of rotatable bonds is 2. The van der Waals surface area contributed by atoms with E-state index in [0.29, 0.717) is 6.04 Å².